The third-order valence-electron chi connectivity index (χ3n) is 2.95. The first-order valence-electron chi connectivity index (χ1n) is 6.78. The monoisotopic (exact) mass is 286 g/mol. The number of rotatable bonds is 8. The van der Waals surface area contributed by atoms with Crippen LogP contribution in [-0.4, -0.2) is 38.1 Å². The molecular weight excluding hydrogens is 262 g/mol. The number of ether oxygens (including phenoxy) is 1. The summed E-state index contributed by atoms with van der Waals surface area (Å²) >= 11 is 0. The first-order chi connectivity index (χ1) is 9.42. The van der Waals surface area contributed by atoms with Gasteiger partial charge in [-0.2, -0.15) is 0 Å². The van der Waals surface area contributed by atoms with Crippen molar-refractivity contribution in [1.82, 2.24) is 10.2 Å². The van der Waals surface area contributed by atoms with Gasteiger partial charge in [0.15, 0.2) is 0 Å². The summed E-state index contributed by atoms with van der Waals surface area (Å²) in [5.74, 6) is 0.736. The van der Waals surface area contributed by atoms with Crippen molar-refractivity contribution in [2.75, 3.05) is 20.7 Å². The summed E-state index contributed by atoms with van der Waals surface area (Å²) in [4.78, 5) is 1.60. The van der Waals surface area contributed by atoms with Gasteiger partial charge in [-0.3, -0.25) is 4.90 Å². The number of methoxy groups -OCH3 is 1. The zero-order valence-electron chi connectivity index (χ0n) is 12.6. The molecule has 1 aromatic rings. The Hall–Kier alpha value is -1.20. The predicted octanol–water partition coefficient (Wildman–Crippen LogP) is 2.89. The van der Waals surface area contributed by atoms with E-state index in [0.29, 0.717) is 12.6 Å². The molecule has 0 saturated carbocycles. The van der Waals surface area contributed by atoms with Gasteiger partial charge in [-0.1, -0.05) is 19.9 Å². The molecule has 114 valence electrons. The van der Waals surface area contributed by atoms with Crippen LogP contribution >= 0.6 is 0 Å². The average molecular weight is 286 g/mol. The highest BCUT2D eigenvalue weighted by molar-refractivity contribution is 5.37. The molecule has 1 rings (SSSR count). The Morgan fingerprint density at radius 3 is 2.55 bits per heavy atom. The van der Waals surface area contributed by atoms with Crippen LogP contribution in [0.2, 0.25) is 0 Å². The largest absolute Gasteiger partial charge is 0.496 e. The first-order valence-corrected chi connectivity index (χ1v) is 6.78. The number of nitrogens with zero attached hydrogens (tertiary/aromatic N) is 1. The van der Waals surface area contributed by atoms with Crippen molar-refractivity contribution in [1.29, 1.82) is 0 Å². The number of alkyl halides is 2. The summed E-state index contributed by atoms with van der Waals surface area (Å²) in [6, 6.07) is 6.30. The summed E-state index contributed by atoms with van der Waals surface area (Å²) < 4.78 is 30.0. The van der Waals surface area contributed by atoms with Gasteiger partial charge in [0.1, 0.15) is 5.75 Å². The smallest absolute Gasteiger partial charge is 0.251 e. The second-order valence-corrected chi connectivity index (χ2v) is 5.27. The minimum absolute atomic E-state index is 0.238. The quantitative estimate of drug-likeness (QED) is 0.795. The van der Waals surface area contributed by atoms with Crippen LogP contribution in [0.5, 0.6) is 5.75 Å². The van der Waals surface area contributed by atoms with Crippen LogP contribution in [-0.2, 0) is 13.1 Å². The molecule has 0 aliphatic carbocycles. The fourth-order valence-corrected chi connectivity index (χ4v) is 1.98. The maximum absolute atomic E-state index is 12.4. The zero-order valence-corrected chi connectivity index (χ0v) is 12.6. The minimum Gasteiger partial charge on any atom is -0.496 e. The van der Waals surface area contributed by atoms with Crippen LogP contribution in [0, 0.1) is 0 Å². The summed E-state index contributed by atoms with van der Waals surface area (Å²) in [5, 5.41) is 3.34. The van der Waals surface area contributed by atoms with E-state index in [1.165, 1.54) is 0 Å². The highest BCUT2D eigenvalue weighted by Gasteiger charge is 2.11. The number of nitrogens with one attached hydrogen (secondary N) is 1. The van der Waals surface area contributed by atoms with E-state index in [1.54, 1.807) is 19.1 Å². The van der Waals surface area contributed by atoms with Crippen LogP contribution in [0.3, 0.4) is 0 Å². The molecule has 0 fully saturated rings. The van der Waals surface area contributed by atoms with Gasteiger partial charge in [0.05, 0.1) is 13.7 Å². The molecule has 1 aromatic carbocycles. The number of hydrogen-bond acceptors (Lipinski definition) is 3. The van der Waals surface area contributed by atoms with E-state index in [1.807, 2.05) is 18.2 Å². The Bertz CT molecular complexity index is 411. The molecule has 0 bridgehead atoms. The lowest BCUT2D eigenvalue weighted by Gasteiger charge is -2.19. The molecule has 0 saturated heterocycles. The SMILES string of the molecule is COc1ccc(CNC(C)C)cc1CN(C)CC(F)F. The van der Waals surface area contributed by atoms with Gasteiger partial charge in [0, 0.05) is 24.7 Å². The molecular formula is C15H24F2N2O. The Balaban J connectivity index is 2.77. The minimum atomic E-state index is -2.32. The maximum Gasteiger partial charge on any atom is 0.251 e. The summed E-state index contributed by atoms with van der Waals surface area (Å²) in [7, 11) is 3.28. The Kier molecular flexibility index (Phi) is 6.88. The Morgan fingerprint density at radius 2 is 2.00 bits per heavy atom. The van der Waals surface area contributed by atoms with Crippen molar-refractivity contribution in [2.45, 2.75) is 39.4 Å². The second-order valence-electron chi connectivity index (χ2n) is 5.27. The summed E-state index contributed by atoms with van der Waals surface area (Å²) in [6.07, 6.45) is -2.32. The van der Waals surface area contributed by atoms with Crippen LogP contribution in [0.15, 0.2) is 18.2 Å². The van der Waals surface area contributed by atoms with E-state index in [4.69, 9.17) is 4.74 Å². The third kappa shape index (κ3) is 5.84. The predicted molar refractivity (Wildman–Crippen MR) is 77.3 cm³/mol. The van der Waals surface area contributed by atoms with Crippen LogP contribution < -0.4 is 10.1 Å². The number of hydrogen-bond donors (Lipinski definition) is 1. The van der Waals surface area contributed by atoms with E-state index in [-0.39, 0.29) is 6.54 Å². The normalized spacial score (nSPS) is 11.7. The summed E-state index contributed by atoms with van der Waals surface area (Å²) in [5.41, 5.74) is 2.05. The van der Waals surface area contributed by atoms with Crippen molar-refractivity contribution in [3.63, 3.8) is 0 Å². The molecule has 0 radical (unpaired) electrons. The molecule has 1 N–H and O–H groups in total. The van der Waals surface area contributed by atoms with Crippen molar-refractivity contribution >= 4 is 0 Å². The van der Waals surface area contributed by atoms with Gasteiger partial charge in [0.2, 0.25) is 0 Å². The maximum atomic E-state index is 12.4. The van der Waals surface area contributed by atoms with Gasteiger partial charge >= 0.3 is 0 Å². The lowest BCUT2D eigenvalue weighted by Crippen LogP contribution is -2.25. The van der Waals surface area contributed by atoms with Crippen molar-refractivity contribution in [3.05, 3.63) is 29.3 Å². The zero-order chi connectivity index (χ0) is 15.1. The second kappa shape index (κ2) is 8.17. The van der Waals surface area contributed by atoms with Crippen molar-refractivity contribution in [3.8, 4) is 5.75 Å². The fraction of sp³-hybridized carbons (Fsp3) is 0.600. The number of benzene rings is 1. The van der Waals surface area contributed by atoms with E-state index in [9.17, 15) is 8.78 Å². The topological polar surface area (TPSA) is 24.5 Å². The molecule has 0 unspecified atom stereocenters. The van der Waals surface area contributed by atoms with E-state index < -0.39 is 6.43 Å². The first kappa shape index (κ1) is 16.9. The Labute approximate surface area is 119 Å². The third-order valence-corrected chi connectivity index (χ3v) is 2.95. The van der Waals surface area contributed by atoms with Crippen LogP contribution in [0.1, 0.15) is 25.0 Å². The van der Waals surface area contributed by atoms with E-state index in [0.717, 1.165) is 23.4 Å². The van der Waals surface area contributed by atoms with E-state index in [2.05, 4.69) is 19.2 Å². The van der Waals surface area contributed by atoms with Gasteiger partial charge in [0.25, 0.3) is 6.43 Å². The standard InChI is InChI=1S/C15H24F2N2O/c1-11(2)18-8-12-5-6-14(20-4)13(7-12)9-19(3)10-15(16)17/h5-7,11,15,18H,8-10H2,1-4H3. The molecule has 0 aromatic heterocycles. The molecule has 5 heteroatoms. The summed E-state index contributed by atoms with van der Waals surface area (Å²) in [6.45, 7) is 5.13. The lowest BCUT2D eigenvalue weighted by atomic mass is 10.1. The molecule has 0 amide bonds. The van der Waals surface area contributed by atoms with Crippen molar-refractivity contribution in [2.24, 2.45) is 0 Å². The van der Waals surface area contributed by atoms with Gasteiger partial charge in [-0.05, 0) is 24.7 Å². The van der Waals surface area contributed by atoms with Crippen LogP contribution in [0.25, 0.3) is 0 Å². The van der Waals surface area contributed by atoms with Gasteiger partial charge < -0.3 is 10.1 Å². The molecule has 0 aliphatic rings. The molecule has 0 atom stereocenters. The van der Waals surface area contributed by atoms with Gasteiger partial charge in [-0.25, -0.2) is 8.78 Å². The molecule has 0 spiro atoms. The average Bonchev–Trinajstić information content (AvgIpc) is 2.35. The molecule has 3 nitrogen and oxygen atoms in total. The fourth-order valence-electron chi connectivity index (χ4n) is 1.98. The van der Waals surface area contributed by atoms with Gasteiger partial charge in [-0.15, -0.1) is 0 Å². The molecule has 0 aliphatic heterocycles. The van der Waals surface area contributed by atoms with Crippen molar-refractivity contribution < 1.29 is 13.5 Å². The Morgan fingerprint density at radius 1 is 1.30 bits per heavy atom. The van der Waals surface area contributed by atoms with E-state index >= 15 is 0 Å². The number of halogens is 2. The highest BCUT2D eigenvalue weighted by Crippen LogP contribution is 2.21. The lowest BCUT2D eigenvalue weighted by molar-refractivity contribution is 0.0972. The van der Waals surface area contributed by atoms with Crippen LogP contribution in [0.4, 0.5) is 8.78 Å². The molecule has 0 heterocycles. The highest BCUT2D eigenvalue weighted by atomic mass is 19.3. The molecule has 20 heavy (non-hydrogen) atoms.